The highest BCUT2D eigenvalue weighted by molar-refractivity contribution is 7.99. The van der Waals surface area contributed by atoms with Gasteiger partial charge in [-0.1, -0.05) is 84.0 Å². The lowest BCUT2D eigenvalue weighted by atomic mass is 10.1. The normalized spacial score (nSPS) is 14.1. The van der Waals surface area contributed by atoms with Crippen LogP contribution >= 0.6 is 23.4 Å². The van der Waals surface area contributed by atoms with Gasteiger partial charge in [0.2, 0.25) is 5.91 Å². The molecule has 0 aliphatic carbocycles. The monoisotopic (exact) mass is 518 g/mol. The molecule has 36 heavy (non-hydrogen) atoms. The molecule has 184 valence electrons. The topological polar surface area (TPSA) is 61.6 Å². The number of benzene rings is 3. The number of hydrogen-bond acceptors (Lipinski definition) is 6. The summed E-state index contributed by atoms with van der Waals surface area (Å²) in [5, 5.41) is 4.08. The van der Waals surface area contributed by atoms with Gasteiger partial charge < -0.3 is 19.5 Å². The van der Waals surface area contributed by atoms with Crippen LogP contribution in [0, 0.1) is 0 Å². The Bertz CT molecular complexity index is 1270. The van der Waals surface area contributed by atoms with Gasteiger partial charge in [-0.2, -0.15) is 0 Å². The molecule has 1 saturated heterocycles. The van der Waals surface area contributed by atoms with Crippen LogP contribution in [0.25, 0.3) is 22.6 Å². The first-order valence-electron chi connectivity index (χ1n) is 11.8. The summed E-state index contributed by atoms with van der Waals surface area (Å²) in [4.78, 5) is 22.3. The minimum absolute atomic E-state index is 0.140. The fourth-order valence-corrected chi connectivity index (χ4v) is 4.98. The minimum Gasteiger partial charge on any atom is -0.431 e. The van der Waals surface area contributed by atoms with Crippen LogP contribution in [0.15, 0.2) is 88.5 Å². The van der Waals surface area contributed by atoms with E-state index in [1.807, 2.05) is 78.9 Å². The molecule has 3 aromatic carbocycles. The number of carbonyl (C=O) groups excluding carboxylic acids is 1. The number of likely N-dealkylation sites (N-methyl/N-ethyl adjacent to an activating group) is 1. The van der Waals surface area contributed by atoms with E-state index in [-0.39, 0.29) is 11.7 Å². The van der Waals surface area contributed by atoms with Crippen molar-refractivity contribution in [2.75, 3.05) is 49.2 Å². The molecule has 1 fully saturated rings. The van der Waals surface area contributed by atoms with Crippen LogP contribution in [0.4, 0.5) is 11.4 Å². The lowest BCUT2D eigenvalue weighted by Crippen LogP contribution is -2.44. The summed E-state index contributed by atoms with van der Waals surface area (Å²) in [5.41, 5.74) is 4.37. The molecule has 2 heterocycles. The molecule has 1 aliphatic rings. The lowest BCUT2D eigenvalue weighted by molar-refractivity contribution is -0.113. The quantitative estimate of drug-likeness (QED) is 0.296. The molecule has 1 aromatic heterocycles. The van der Waals surface area contributed by atoms with Crippen LogP contribution in [0.2, 0.25) is 5.02 Å². The van der Waals surface area contributed by atoms with Gasteiger partial charge in [-0.25, -0.2) is 4.98 Å². The number of aromatic nitrogens is 1. The second-order valence-corrected chi connectivity index (χ2v) is 10.0. The molecule has 6 nitrogen and oxygen atoms in total. The molecule has 0 spiro atoms. The smallest absolute Gasteiger partial charge is 0.257 e. The molecule has 1 N–H and O–H groups in total. The Morgan fingerprint density at radius 3 is 2.33 bits per heavy atom. The van der Waals surface area contributed by atoms with E-state index in [1.165, 1.54) is 11.8 Å². The third kappa shape index (κ3) is 5.75. The Balaban J connectivity index is 1.32. The first kappa shape index (κ1) is 24.4. The molecular weight excluding hydrogens is 492 g/mol. The Labute approximate surface area is 220 Å². The zero-order chi connectivity index (χ0) is 24.9. The molecule has 0 atom stereocenters. The fraction of sp³-hybridized carbons (Fsp3) is 0.214. The number of anilines is 2. The van der Waals surface area contributed by atoms with Crippen LogP contribution in [-0.4, -0.2) is 54.8 Å². The second kappa shape index (κ2) is 11.2. The van der Waals surface area contributed by atoms with Gasteiger partial charge in [0.1, 0.15) is 5.69 Å². The number of hydrogen-bond donors (Lipinski definition) is 1. The summed E-state index contributed by atoms with van der Waals surface area (Å²) in [6, 6.07) is 25.5. The van der Waals surface area contributed by atoms with Crippen LogP contribution in [-0.2, 0) is 4.79 Å². The van der Waals surface area contributed by atoms with Crippen LogP contribution in [0.1, 0.15) is 0 Å². The number of nitrogens with zero attached hydrogens (tertiary/aromatic N) is 3. The van der Waals surface area contributed by atoms with Crippen LogP contribution in [0.5, 0.6) is 0 Å². The maximum absolute atomic E-state index is 12.9. The average molecular weight is 519 g/mol. The van der Waals surface area contributed by atoms with E-state index in [1.54, 1.807) is 0 Å². The highest BCUT2D eigenvalue weighted by Crippen LogP contribution is 2.36. The Hall–Kier alpha value is -3.26. The van der Waals surface area contributed by atoms with Gasteiger partial charge in [0, 0.05) is 42.3 Å². The highest BCUT2D eigenvalue weighted by atomic mass is 35.5. The molecule has 1 aliphatic heterocycles. The van der Waals surface area contributed by atoms with Crippen molar-refractivity contribution in [3.8, 4) is 22.6 Å². The molecule has 0 bridgehead atoms. The molecule has 5 rings (SSSR count). The van der Waals surface area contributed by atoms with Crippen molar-refractivity contribution in [3.05, 3.63) is 83.9 Å². The van der Waals surface area contributed by atoms with Crippen LogP contribution in [0.3, 0.4) is 0 Å². The van der Waals surface area contributed by atoms with Crippen molar-refractivity contribution in [2.45, 2.75) is 5.22 Å². The number of thioether (sulfide) groups is 1. The van der Waals surface area contributed by atoms with Crippen molar-refractivity contribution in [1.29, 1.82) is 0 Å². The molecule has 8 heteroatoms. The maximum atomic E-state index is 12.9. The number of nitrogens with one attached hydrogen (secondary N) is 1. The first-order chi connectivity index (χ1) is 17.6. The molecular formula is C28H27ClN4O2S. The molecule has 4 aromatic rings. The zero-order valence-corrected chi connectivity index (χ0v) is 21.6. The predicted molar refractivity (Wildman–Crippen MR) is 148 cm³/mol. The van der Waals surface area contributed by atoms with Crippen molar-refractivity contribution >= 4 is 40.6 Å². The van der Waals surface area contributed by atoms with E-state index in [4.69, 9.17) is 21.0 Å². The summed E-state index contributed by atoms with van der Waals surface area (Å²) in [6.45, 7) is 3.75. The van der Waals surface area contributed by atoms with Crippen molar-refractivity contribution < 1.29 is 9.21 Å². The SMILES string of the molecule is CN1CCN(c2ccc(Cl)cc2NC(=O)CSc2nc(-c3ccccc3)c(-c3ccccc3)o2)CC1. The average Bonchev–Trinajstić information content (AvgIpc) is 3.34. The maximum Gasteiger partial charge on any atom is 0.257 e. The van der Waals surface area contributed by atoms with Gasteiger partial charge in [0.05, 0.1) is 17.1 Å². The van der Waals surface area contributed by atoms with E-state index in [0.29, 0.717) is 16.0 Å². The summed E-state index contributed by atoms with van der Waals surface area (Å²) in [5.74, 6) is 0.716. The van der Waals surface area contributed by atoms with Gasteiger partial charge >= 0.3 is 0 Å². The van der Waals surface area contributed by atoms with E-state index in [0.717, 1.165) is 54.4 Å². The third-order valence-corrected chi connectivity index (χ3v) is 7.16. The minimum atomic E-state index is -0.140. The number of amides is 1. The summed E-state index contributed by atoms with van der Waals surface area (Å²) >= 11 is 7.54. The summed E-state index contributed by atoms with van der Waals surface area (Å²) < 4.78 is 6.14. The first-order valence-corrected chi connectivity index (χ1v) is 13.2. The molecule has 0 radical (unpaired) electrons. The highest BCUT2D eigenvalue weighted by Gasteiger charge is 2.20. The predicted octanol–water partition coefficient (Wildman–Crippen LogP) is 6.14. The molecule has 0 saturated carbocycles. The van der Waals surface area contributed by atoms with Crippen molar-refractivity contribution in [3.63, 3.8) is 0 Å². The van der Waals surface area contributed by atoms with E-state index in [9.17, 15) is 4.79 Å². The second-order valence-electron chi connectivity index (χ2n) is 8.68. The van der Waals surface area contributed by atoms with Crippen molar-refractivity contribution in [1.82, 2.24) is 9.88 Å². The van der Waals surface area contributed by atoms with Gasteiger partial charge in [-0.05, 0) is 25.2 Å². The molecule has 0 unspecified atom stereocenters. The number of piperazine rings is 1. The van der Waals surface area contributed by atoms with E-state index in [2.05, 4.69) is 22.2 Å². The number of oxazole rings is 1. The number of carbonyl (C=O) groups is 1. The van der Waals surface area contributed by atoms with Crippen molar-refractivity contribution in [2.24, 2.45) is 0 Å². The fourth-order valence-electron chi connectivity index (χ4n) is 4.18. The summed E-state index contributed by atoms with van der Waals surface area (Å²) in [6.07, 6.45) is 0. The van der Waals surface area contributed by atoms with Crippen LogP contribution < -0.4 is 10.2 Å². The summed E-state index contributed by atoms with van der Waals surface area (Å²) in [7, 11) is 2.12. The number of rotatable bonds is 7. The largest absolute Gasteiger partial charge is 0.431 e. The Morgan fingerprint density at radius 1 is 0.972 bits per heavy atom. The van der Waals surface area contributed by atoms with Gasteiger partial charge in [0.15, 0.2) is 5.76 Å². The lowest BCUT2D eigenvalue weighted by Gasteiger charge is -2.35. The van der Waals surface area contributed by atoms with Gasteiger partial charge in [-0.15, -0.1) is 0 Å². The van der Waals surface area contributed by atoms with Gasteiger partial charge in [0.25, 0.3) is 5.22 Å². The Kier molecular flexibility index (Phi) is 7.60. The third-order valence-electron chi connectivity index (χ3n) is 6.09. The number of halogens is 1. The molecule has 1 amide bonds. The Morgan fingerprint density at radius 2 is 1.64 bits per heavy atom. The zero-order valence-electron chi connectivity index (χ0n) is 20.0. The van der Waals surface area contributed by atoms with Gasteiger partial charge in [-0.3, -0.25) is 4.79 Å². The standard InChI is InChI=1S/C28H27ClN4O2S/c1-32-14-16-33(17-15-32)24-13-12-22(29)18-23(24)30-25(34)19-36-28-31-26(20-8-4-2-5-9-20)27(35-28)21-10-6-3-7-11-21/h2-13,18H,14-17,19H2,1H3,(H,30,34). The van der Waals surface area contributed by atoms with E-state index >= 15 is 0 Å². The van der Waals surface area contributed by atoms with E-state index < -0.39 is 0 Å².